The van der Waals surface area contributed by atoms with Crippen LogP contribution in [0, 0.1) is 5.41 Å². The molecular formula is C16H24N2O4S. The normalized spacial score (nSPS) is 21.8. The number of hydrogen-bond donors (Lipinski definition) is 1. The van der Waals surface area contributed by atoms with E-state index >= 15 is 0 Å². The van der Waals surface area contributed by atoms with Gasteiger partial charge in [0.25, 0.3) is 0 Å². The summed E-state index contributed by atoms with van der Waals surface area (Å²) >= 11 is 0. The highest BCUT2D eigenvalue weighted by Crippen LogP contribution is 2.30. The van der Waals surface area contributed by atoms with Crippen molar-refractivity contribution >= 4 is 16.0 Å². The van der Waals surface area contributed by atoms with Crippen molar-refractivity contribution in [2.45, 2.75) is 32.1 Å². The first-order valence-electron chi connectivity index (χ1n) is 7.57. The summed E-state index contributed by atoms with van der Waals surface area (Å²) in [6, 6.07) is 6.60. The lowest BCUT2D eigenvalue weighted by atomic mass is 9.81. The molecule has 1 aliphatic heterocycles. The summed E-state index contributed by atoms with van der Waals surface area (Å²) < 4.78 is 31.7. The van der Waals surface area contributed by atoms with E-state index < -0.39 is 16.0 Å². The van der Waals surface area contributed by atoms with Crippen LogP contribution < -0.4 is 5.73 Å². The molecule has 1 fully saturated rings. The lowest BCUT2D eigenvalue weighted by Crippen LogP contribution is -2.54. The SMILES string of the molecule is COC(=O)c1ccccc1CS(=O)(=O)N1CCC(N)C(C)(C)C1. The highest BCUT2D eigenvalue weighted by Gasteiger charge is 2.38. The van der Waals surface area contributed by atoms with Gasteiger partial charge >= 0.3 is 5.97 Å². The maximum absolute atomic E-state index is 12.7. The van der Waals surface area contributed by atoms with Gasteiger partial charge in [0.15, 0.2) is 0 Å². The Bertz CT molecular complexity index is 685. The van der Waals surface area contributed by atoms with Crippen LogP contribution in [0.15, 0.2) is 24.3 Å². The van der Waals surface area contributed by atoms with E-state index in [1.807, 2.05) is 13.8 Å². The maximum atomic E-state index is 12.7. The van der Waals surface area contributed by atoms with Gasteiger partial charge in [0.2, 0.25) is 10.0 Å². The van der Waals surface area contributed by atoms with Gasteiger partial charge < -0.3 is 10.5 Å². The zero-order valence-corrected chi connectivity index (χ0v) is 14.6. The van der Waals surface area contributed by atoms with E-state index in [9.17, 15) is 13.2 Å². The minimum Gasteiger partial charge on any atom is -0.465 e. The molecule has 7 heteroatoms. The standard InChI is InChI=1S/C16H24N2O4S/c1-16(2)11-18(9-8-14(16)17)23(20,21)10-12-6-4-5-7-13(12)15(19)22-3/h4-7,14H,8-11,17H2,1-3H3. The predicted molar refractivity (Wildman–Crippen MR) is 88.4 cm³/mol. The molecule has 23 heavy (non-hydrogen) atoms. The van der Waals surface area contributed by atoms with Gasteiger partial charge in [0.1, 0.15) is 0 Å². The molecule has 1 unspecified atom stereocenters. The lowest BCUT2D eigenvalue weighted by Gasteiger charge is -2.41. The zero-order chi connectivity index (χ0) is 17.3. The second kappa shape index (κ2) is 6.59. The van der Waals surface area contributed by atoms with E-state index in [1.165, 1.54) is 11.4 Å². The van der Waals surface area contributed by atoms with Gasteiger partial charge in [0, 0.05) is 19.1 Å². The molecule has 1 atom stereocenters. The Morgan fingerprint density at radius 3 is 2.65 bits per heavy atom. The van der Waals surface area contributed by atoms with Gasteiger partial charge in [-0.15, -0.1) is 0 Å². The minimum atomic E-state index is -3.53. The van der Waals surface area contributed by atoms with E-state index in [1.54, 1.807) is 24.3 Å². The molecular weight excluding hydrogens is 316 g/mol. The van der Waals surface area contributed by atoms with E-state index in [0.717, 1.165) is 0 Å². The first-order valence-corrected chi connectivity index (χ1v) is 9.18. The fraction of sp³-hybridized carbons (Fsp3) is 0.562. The number of hydrogen-bond acceptors (Lipinski definition) is 5. The van der Waals surface area contributed by atoms with Crippen molar-refractivity contribution in [1.29, 1.82) is 0 Å². The third-order valence-corrected chi connectivity index (χ3v) is 6.21. The summed E-state index contributed by atoms with van der Waals surface area (Å²) in [4.78, 5) is 11.8. The average molecular weight is 340 g/mol. The summed E-state index contributed by atoms with van der Waals surface area (Å²) in [5.41, 5.74) is 6.53. The number of rotatable bonds is 4. The largest absolute Gasteiger partial charge is 0.465 e. The molecule has 2 rings (SSSR count). The molecule has 0 aliphatic carbocycles. The third-order valence-electron chi connectivity index (χ3n) is 4.43. The van der Waals surface area contributed by atoms with Crippen LogP contribution in [0.4, 0.5) is 0 Å². The molecule has 0 amide bonds. The molecule has 0 aromatic heterocycles. The number of nitrogens with zero attached hydrogens (tertiary/aromatic N) is 1. The number of carbonyl (C=O) groups is 1. The second-order valence-electron chi connectivity index (χ2n) is 6.62. The number of ether oxygens (including phenoxy) is 1. The second-order valence-corrected chi connectivity index (χ2v) is 8.59. The molecule has 0 radical (unpaired) electrons. The van der Waals surface area contributed by atoms with Crippen LogP contribution in [-0.2, 0) is 20.5 Å². The van der Waals surface area contributed by atoms with Crippen LogP contribution in [0.3, 0.4) is 0 Å². The van der Waals surface area contributed by atoms with Gasteiger partial charge in [0.05, 0.1) is 18.4 Å². The van der Waals surface area contributed by atoms with Crippen LogP contribution in [0.25, 0.3) is 0 Å². The van der Waals surface area contributed by atoms with Gasteiger partial charge in [-0.25, -0.2) is 17.5 Å². The summed E-state index contributed by atoms with van der Waals surface area (Å²) in [6.07, 6.45) is 0.630. The van der Waals surface area contributed by atoms with E-state index in [4.69, 9.17) is 10.5 Å². The van der Waals surface area contributed by atoms with E-state index in [0.29, 0.717) is 25.1 Å². The highest BCUT2D eigenvalue weighted by atomic mass is 32.2. The molecule has 1 aromatic carbocycles. The van der Waals surface area contributed by atoms with Crippen LogP contribution in [0.2, 0.25) is 0 Å². The van der Waals surface area contributed by atoms with Gasteiger partial charge in [-0.3, -0.25) is 0 Å². The molecule has 1 saturated heterocycles. The monoisotopic (exact) mass is 340 g/mol. The number of sulfonamides is 1. The van der Waals surface area contributed by atoms with E-state index in [2.05, 4.69) is 0 Å². The first kappa shape index (κ1) is 17.9. The molecule has 0 spiro atoms. The topological polar surface area (TPSA) is 89.7 Å². The molecule has 128 valence electrons. The van der Waals surface area contributed by atoms with Crippen molar-refractivity contribution in [3.63, 3.8) is 0 Å². The van der Waals surface area contributed by atoms with Crippen LogP contribution >= 0.6 is 0 Å². The maximum Gasteiger partial charge on any atom is 0.338 e. The van der Waals surface area contributed by atoms with Crippen molar-refractivity contribution in [2.24, 2.45) is 11.1 Å². The molecule has 0 bridgehead atoms. The zero-order valence-electron chi connectivity index (χ0n) is 13.8. The molecule has 1 heterocycles. The smallest absolute Gasteiger partial charge is 0.338 e. The third kappa shape index (κ3) is 3.91. The van der Waals surface area contributed by atoms with Crippen molar-refractivity contribution in [3.05, 3.63) is 35.4 Å². The molecule has 1 aromatic rings. The Morgan fingerprint density at radius 2 is 2.04 bits per heavy atom. The fourth-order valence-electron chi connectivity index (χ4n) is 2.81. The Kier molecular flexibility index (Phi) is 5.13. The molecule has 6 nitrogen and oxygen atoms in total. The van der Waals surface area contributed by atoms with Gasteiger partial charge in [-0.05, 0) is 23.5 Å². The predicted octanol–water partition coefficient (Wildman–Crippen LogP) is 1.36. The van der Waals surface area contributed by atoms with Gasteiger partial charge in [-0.2, -0.15) is 0 Å². The van der Waals surface area contributed by atoms with Crippen molar-refractivity contribution in [3.8, 4) is 0 Å². The lowest BCUT2D eigenvalue weighted by molar-refractivity contribution is 0.0600. The quantitative estimate of drug-likeness (QED) is 0.836. The Labute approximate surface area is 137 Å². The fourth-order valence-corrected chi connectivity index (χ4v) is 4.55. The summed E-state index contributed by atoms with van der Waals surface area (Å²) in [7, 11) is -2.25. The molecule has 2 N–H and O–H groups in total. The van der Waals surface area contributed by atoms with Crippen molar-refractivity contribution in [1.82, 2.24) is 4.31 Å². The van der Waals surface area contributed by atoms with Crippen LogP contribution in [0.5, 0.6) is 0 Å². The number of nitrogens with two attached hydrogens (primary N) is 1. The number of carbonyl (C=O) groups excluding carboxylic acids is 1. The minimum absolute atomic E-state index is 0.0173. The van der Waals surface area contributed by atoms with E-state index in [-0.39, 0.29) is 22.8 Å². The summed E-state index contributed by atoms with van der Waals surface area (Å²) in [6.45, 7) is 4.74. The summed E-state index contributed by atoms with van der Waals surface area (Å²) in [5, 5.41) is 0. The van der Waals surface area contributed by atoms with Crippen molar-refractivity contribution in [2.75, 3.05) is 20.2 Å². The highest BCUT2D eigenvalue weighted by molar-refractivity contribution is 7.88. The average Bonchev–Trinajstić information content (AvgIpc) is 2.49. The van der Waals surface area contributed by atoms with Gasteiger partial charge in [-0.1, -0.05) is 32.0 Å². The molecule has 1 aliphatic rings. The Hall–Kier alpha value is -1.44. The summed E-state index contributed by atoms with van der Waals surface area (Å²) in [5.74, 6) is -0.749. The number of benzene rings is 1. The number of methoxy groups -OCH3 is 1. The first-order chi connectivity index (χ1) is 10.7. The Balaban J connectivity index is 2.24. The van der Waals surface area contributed by atoms with Crippen LogP contribution in [-0.4, -0.2) is 44.9 Å². The van der Waals surface area contributed by atoms with Crippen LogP contribution in [0.1, 0.15) is 36.2 Å². The number of piperidine rings is 1. The number of esters is 1. The molecule has 0 saturated carbocycles. The van der Waals surface area contributed by atoms with Crippen molar-refractivity contribution < 1.29 is 17.9 Å². The Morgan fingerprint density at radius 1 is 1.39 bits per heavy atom.